The number of rotatable bonds is 13. The molecule has 41 heavy (non-hydrogen) atoms. The Morgan fingerprint density at radius 1 is 1.02 bits per heavy atom. The van der Waals surface area contributed by atoms with Gasteiger partial charge in [0.1, 0.15) is 6.04 Å². The molecule has 1 saturated carbocycles. The Hall–Kier alpha value is -2.35. The van der Waals surface area contributed by atoms with Gasteiger partial charge < -0.3 is 15.2 Å². The molecule has 1 heterocycles. The maximum Gasteiger partial charge on any atom is 0.326 e. The molecule has 1 aliphatic heterocycles. The molecule has 1 aliphatic carbocycles. The minimum absolute atomic E-state index is 0.340. The molecule has 0 radical (unpaired) electrons. The first kappa shape index (κ1) is 31.6. The molecule has 2 aromatic carbocycles. The smallest absolute Gasteiger partial charge is 0.326 e. The lowest BCUT2D eigenvalue weighted by atomic mass is 9.91. The summed E-state index contributed by atoms with van der Waals surface area (Å²) in [6.07, 6.45) is 14.1. The number of aryl methyl sites for hydroxylation is 1. The van der Waals surface area contributed by atoms with Crippen LogP contribution in [0.3, 0.4) is 0 Å². The number of hydrogen-bond donors (Lipinski definition) is 2. The van der Waals surface area contributed by atoms with Gasteiger partial charge in [-0.2, -0.15) is 11.8 Å². The van der Waals surface area contributed by atoms with Crippen molar-refractivity contribution in [2.45, 2.75) is 95.8 Å². The molecule has 0 bridgehead atoms. The van der Waals surface area contributed by atoms with E-state index in [0.717, 1.165) is 42.2 Å². The molecule has 2 N–H and O–H groups in total. The summed E-state index contributed by atoms with van der Waals surface area (Å²) in [7, 11) is 1.80. The molecule has 7 heteroatoms. The molecule has 0 spiro atoms. The minimum atomic E-state index is -1.00. The highest BCUT2D eigenvalue weighted by Crippen LogP contribution is 2.36. The van der Waals surface area contributed by atoms with Gasteiger partial charge in [0.15, 0.2) is 0 Å². The number of carboxylic acid groups (broad SMARTS) is 1. The number of carboxylic acids is 1. The molecule has 6 nitrogen and oxygen atoms in total. The Kier molecular flexibility index (Phi) is 12.1. The van der Waals surface area contributed by atoms with Gasteiger partial charge in [-0.1, -0.05) is 68.9 Å². The predicted molar refractivity (Wildman–Crippen MR) is 169 cm³/mol. The molecule has 2 aromatic rings. The molecular formula is C34H48N2O4S. The largest absolute Gasteiger partial charge is 0.480 e. The molecule has 1 saturated heterocycles. The Bertz CT molecular complexity index is 1150. The van der Waals surface area contributed by atoms with Gasteiger partial charge in [0, 0.05) is 31.3 Å². The molecule has 2 aliphatic rings. The Balaban J connectivity index is 1.62. The van der Waals surface area contributed by atoms with Crippen molar-refractivity contribution in [2.75, 3.05) is 25.7 Å². The Morgan fingerprint density at radius 3 is 2.44 bits per heavy atom. The molecule has 0 aromatic heterocycles. The van der Waals surface area contributed by atoms with E-state index in [1.165, 1.54) is 56.9 Å². The van der Waals surface area contributed by atoms with Gasteiger partial charge in [-0.25, -0.2) is 4.79 Å². The summed E-state index contributed by atoms with van der Waals surface area (Å²) < 4.78 is 5.65. The fourth-order valence-corrected chi connectivity index (χ4v) is 7.28. The zero-order chi connectivity index (χ0) is 29.2. The number of thioether (sulfide) groups is 1. The van der Waals surface area contributed by atoms with Gasteiger partial charge in [0.2, 0.25) is 0 Å². The quantitative estimate of drug-likeness (QED) is 0.250. The molecule has 2 fully saturated rings. The zero-order valence-electron chi connectivity index (χ0n) is 25.1. The number of nitrogens with zero attached hydrogens (tertiary/aromatic N) is 1. The summed E-state index contributed by atoms with van der Waals surface area (Å²) in [6.45, 7) is 3.61. The standard InChI is InChI=1S/C34H48N2O4S/c1-24-10-8-9-13-29(24)31-21-26(14-17-30(31)33(37)35-32(34(38)39)18-19-41-3)22-36-27(15-16-28(36)23-40-2)20-25-11-6-4-5-7-12-25/h8-10,13-14,17,21,25,27-28,32H,4-7,11-12,15-16,18-20,22-23H2,1-3H3,(H,35,37)(H,38,39)/t27?,28-,32?/m1/s1. The van der Waals surface area contributed by atoms with Gasteiger partial charge in [0.05, 0.1) is 6.61 Å². The van der Waals surface area contributed by atoms with Crippen LogP contribution in [-0.4, -0.2) is 65.7 Å². The number of ether oxygens (including phenoxy) is 1. The van der Waals surface area contributed by atoms with E-state index < -0.39 is 12.0 Å². The number of amides is 1. The fourth-order valence-electron chi connectivity index (χ4n) is 6.81. The molecule has 4 rings (SSSR count). The highest BCUT2D eigenvalue weighted by Gasteiger charge is 2.35. The van der Waals surface area contributed by atoms with Crippen molar-refractivity contribution in [1.29, 1.82) is 0 Å². The van der Waals surface area contributed by atoms with E-state index in [9.17, 15) is 14.7 Å². The normalized spacial score (nSPS) is 21.0. The van der Waals surface area contributed by atoms with Crippen LogP contribution in [0, 0.1) is 12.8 Å². The summed E-state index contributed by atoms with van der Waals surface area (Å²) in [5.74, 6) is 0.141. The van der Waals surface area contributed by atoms with Crippen LogP contribution in [-0.2, 0) is 16.1 Å². The van der Waals surface area contributed by atoms with Crippen LogP contribution in [0.5, 0.6) is 0 Å². The maximum atomic E-state index is 13.5. The lowest BCUT2D eigenvalue weighted by Gasteiger charge is -2.32. The van der Waals surface area contributed by atoms with Gasteiger partial charge in [-0.3, -0.25) is 9.69 Å². The van der Waals surface area contributed by atoms with Crippen molar-refractivity contribution < 1.29 is 19.4 Å². The van der Waals surface area contributed by atoms with Crippen molar-refractivity contribution in [3.05, 3.63) is 59.2 Å². The minimum Gasteiger partial charge on any atom is -0.480 e. The van der Waals surface area contributed by atoms with E-state index in [1.54, 1.807) is 18.9 Å². The third kappa shape index (κ3) is 8.59. The van der Waals surface area contributed by atoms with Crippen LogP contribution in [0.15, 0.2) is 42.5 Å². The average molecular weight is 581 g/mol. The van der Waals surface area contributed by atoms with Crippen molar-refractivity contribution in [2.24, 2.45) is 5.92 Å². The highest BCUT2D eigenvalue weighted by molar-refractivity contribution is 7.98. The van der Waals surface area contributed by atoms with Gasteiger partial charge >= 0.3 is 5.97 Å². The lowest BCUT2D eigenvalue weighted by molar-refractivity contribution is -0.139. The number of nitrogens with one attached hydrogen (secondary N) is 1. The number of methoxy groups -OCH3 is 1. The van der Waals surface area contributed by atoms with Gasteiger partial charge in [0.25, 0.3) is 5.91 Å². The van der Waals surface area contributed by atoms with Crippen LogP contribution in [0.25, 0.3) is 11.1 Å². The predicted octanol–water partition coefficient (Wildman–Crippen LogP) is 6.94. The topological polar surface area (TPSA) is 78.9 Å². The first-order chi connectivity index (χ1) is 19.9. The first-order valence-electron chi connectivity index (χ1n) is 15.4. The highest BCUT2D eigenvalue weighted by atomic mass is 32.2. The second kappa shape index (κ2) is 15.8. The summed E-state index contributed by atoms with van der Waals surface area (Å²) in [6, 6.07) is 14.2. The van der Waals surface area contributed by atoms with Crippen molar-refractivity contribution >= 4 is 23.6 Å². The van der Waals surface area contributed by atoms with E-state index in [4.69, 9.17) is 4.74 Å². The Morgan fingerprint density at radius 2 is 1.76 bits per heavy atom. The van der Waals surface area contributed by atoms with Crippen LogP contribution >= 0.6 is 11.8 Å². The van der Waals surface area contributed by atoms with E-state index in [-0.39, 0.29) is 5.91 Å². The summed E-state index contributed by atoms with van der Waals surface area (Å²) in [5.41, 5.74) is 4.63. The second-order valence-electron chi connectivity index (χ2n) is 11.9. The number of carbonyl (C=O) groups excluding carboxylic acids is 1. The zero-order valence-corrected chi connectivity index (χ0v) is 25.9. The maximum absolute atomic E-state index is 13.5. The van der Waals surface area contributed by atoms with E-state index in [1.807, 2.05) is 30.5 Å². The molecule has 224 valence electrons. The number of likely N-dealkylation sites (tertiary alicyclic amines) is 1. The van der Waals surface area contributed by atoms with E-state index >= 15 is 0 Å². The lowest BCUT2D eigenvalue weighted by Crippen LogP contribution is -2.41. The summed E-state index contributed by atoms with van der Waals surface area (Å²) in [4.78, 5) is 28.0. The van der Waals surface area contributed by atoms with Gasteiger partial charge in [-0.05, 0) is 84.9 Å². The van der Waals surface area contributed by atoms with Gasteiger partial charge in [-0.15, -0.1) is 0 Å². The van der Waals surface area contributed by atoms with Crippen LogP contribution < -0.4 is 5.32 Å². The van der Waals surface area contributed by atoms with Crippen LogP contribution in [0.2, 0.25) is 0 Å². The number of carbonyl (C=O) groups is 2. The van der Waals surface area contributed by atoms with Crippen LogP contribution in [0.1, 0.15) is 85.7 Å². The third-order valence-corrected chi connectivity index (χ3v) is 9.70. The third-order valence-electron chi connectivity index (χ3n) is 9.05. The summed E-state index contributed by atoms with van der Waals surface area (Å²) in [5, 5.41) is 12.5. The van der Waals surface area contributed by atoms with Crippen molar-refractivity contribution in [1.82, 2.24) is 10.2 Å². The SMILES string of the molecule is COC[C@H]1CCC(CC2CCCCCC2)N1Cc1ccc(C(=O)NC(CCSC)C(=O)O)c(-c2ccccc2C)c1. The second-order valence-corrected chi connectivity index (χ2v) is 12.9. The molecule has 3 atom stereocenters. The van der Waals surface area contributed by atoms with E-state index in [0.29, 0.717) is 29.8 Å². The Labute approximate surface area is 250 Å². The summed E-state index contributed by atoms with van der Waals surface area (Å²) >= 11 is 1.58. The average Bonchev–Trinajstić information content (AvgIpc) is 3.14. The first-order valence-corrected chi connectivity index (χ1v) is 16.8. The number of aliphatic carboxylic acids is 1. The molecule has 1 amide bonds. The van der Waals surface area contributed by atoms with Crippen molar-refractivity contribution in [3.63, 3.8) is 0 Å². The number of benzene rings is 2. The molecular weight excluding hydrogens is 532 g/mol. The number of hydrogen-bond acceptors (Lipinski definition) is 5. The fraction of sp³-hybridized carbons (Fsp3) is 0.588. The van der Waals surface area contributed by atoms with E-state index in [2.05, 4.69) is 35.3 Å². The van der Waals surface area contributed by atoms with Crippen molar-refractivity contribution in [3.8, 4) is 11.1 Å². The molecule has 2 unspecified atom stereocenters. The monoisotopic (exact) mass is 580 g/mol. The van der Waals surface area contributed by atoms with Crippen LogP contribution in [0.4, 0.5) is 0 Å².